The quantitative estimate of drug-likeness (QED) is 0.721. The van der Waals surface area contributed by atoms with Crippen molar-refractivity contribution >= 4 is 27.5 Å². The van der Waals surface area contributed by atoms with Crippen LogP contribution in [-0.2, 0) is 19.6 Å². The Morgan fingerprint density at radius 2 is 1.82 bits per heavy atom. The van der Waals surface area contributed by atoms with E-state index < -0.39 is 10.0 Å². The lowest BCUT2D eigenvalue weighted by Gasteiger charge is -2.33. The van der Waals surface area contributed by atoms with Gasteiger partial charge in [0.25, 0.3) is 0 Å². The number of likely N-dealkylation sites (tertiary alicyclic amines) is 1. The molecule has 0 atom stereocenters. The standard InChI is InChI=1S/C18H25N3O6S/c1-2-28(24,25)21(14-3-4-15-16(11-14)27-10-9-26-15)12-17(22)20-7-5-13(6-8-20)18(19)23/h3-4,11,13H,2,5-10,12H2,1H3,(H2,19,23). The van der Waals surface area contributed by atoms with Gasteiger partial charge in [-0.2, -0.15) is 0 Å². The SMILES string of the molecule is CCS(=O)(=O)N(CC(=O)N1CCC(C(N)=O)CC1)c1ccc2c(c1)OCCO2. The molecule has 1 aromatic rings. The Morgan fingerprint density at radius 3 is 2.43 bits per heavy atom. The highest BCUT2D eigenvalue weighted by Crippen LogP contribution is 2.35. The lowest BCUT2D eigenvalue weighted by atomic mass is 9.96. The van der Waals surface area contributed by atoms with Gasteiger partial charge in [-0.1, -0.05) is 0 Å². The number of hydrogen-bond donors (Lipinski definition) is 1. The monoisotopic (exact) mass is 411 g/mol. The van der Waals surface area contributed by atoms with Gasteiger partial charge < -0.3 is 20.1 Å². The number of carbonyl (C=O) groups excluding carboxylic acids is 2. The average Bonchev–Trinajstić information content (AvgIpc) is 2.71. The fourth-order valence-corrected chi connectivity index (χ4v) is 4.38. The molecule has 2 heterocycles. The summed E-state index contributed by atoms with van der Waals surface area (Å²) >= 11 is 0. The van der Waals surface area contributed by atoms with Crippen molar-refractivity contribution in [3.05, 3.63) is 18.2 Å². The van der Waals surface area contributed by atoms with Crippen molar-refractivity contribution in [1.82, 2.24) is 4.90 Å². The van der Waals surface area contributed by atoms with Crippen LogP contribution < -0.4 is 19.5 Å². The molecule has 9 nitrogen and oxygen atoms in total. The van der Waals surface area contributed by atoms with Crippen molar-refractivity contribution < 1.29 is 27.5 Å². The molecule has 0 bridgehead atoms. The molecule has 28 heavy (non-hydrogen) atoms. The summed E-state index contributed by atoms with van der Waals surface area (Å²) < 4.78 is 37.4. The summed E-state index contributed by atoms with van der Waals surface area (Å²) in [4.78, 5) is 25.6. The Balaban J connectivity index is 1.78. The largest absolute Gasteiger partial charge is 0.486 e. The van der Waals surface area contributed by atoms with Gasteiger partial charge in [0.05, 0.1) is 11.4 Å². The van der Waals surface area contributed by atoms with Crippen molar-refractivity contribution in [1.29, 1.82) is 0 Å². The van der Waals surface area contributed by atoms with Gasteiger partial charge in [-0.05, 0) is 31.9 Å². The molecule has 10 heteroatoms. The summed E-state index contributed by atoms with van der Waals surface area (Å²) in [6.45, 7) is 2.80. The number of primary amides is 1. The van der Waals surface area contributed by atoms with Crippen LogP contribution in [0.3, 0.4) is 0 Å². The Bertz CT molecular complexity index is 849. The van der Waals surface area contributed by atoms with E-state index in [4.69, 9.17) is 15.2 Å². The zero-order valence-electron chi connectivity index (χ0n) is 15.8. The van der Waals surface area contributed by atoms with Crippen molar-refractivity contribution in [2.45, 2.75) is 19.8 Å². The van der Waals surface area contributed by atoms with Crippen molar-refractivity contribution in [2.24, 2.45) is 11.7 Å². The first-order valence-corrected chi connectivity index (χ1v) is 10.9. The Labute approximate surface area is 164 Å². The predicted octanol–water partition coefficient (Wildman–Crippen LogP) is 0.338. The molecular formula is C18H25N3O6S. The van der Waals surface area contributed by atoms with E-state index in [-0.39, 0.29) is 30.0 Å². The van der Waals surface area contributed by atoms with Gasteiger partial charge >= 0.3 is 0 Å². The summed E-state index contributed by atoms with van der Waals surface area (Å²) in [6.07, 6.45) is 0.983. The number of nitrogens with zero attached hydrogens (tertiary/aromatic N) is 2. The van der Waals surface area contributed by atoms with E-state index in [1.165, 1.54) is 6.92 Å². The number of anilines is 1. The van der Waals surface area contributed by atoms with Gasteiger partial charge in [0.15, 0.2) is 11.5 Å². The van der Waals surface area contributed by atoms with Gasteiger partial charge in [-0.3, -0.25) is 13.9 Å². The number of benzene rings is 1. The van der Waals surface area contributed by atoms with E-state index >= 15 is 0 Å². The van der Waals surface area contributed by atoms with Gasteiger partial charge in [0, 0.05) is 25.1 Å². The topological polar surface area (TPSA) is 119 Å². The van der Waals surface area contributed by atoms with Gasteiger partial charge in [0.1, 0.15) is 19.8 Å². The van der Waals surface area contributed by atoms with Crippen LogP contribution in [0.1, 0.15) is 19.8 Å². The van der Waals surface area contributed by atoms with E-state index in [9.17, 15) is 18.0 Å². The van der Waals surface area contributed by atoms with Gasteiger partial charge in [-0.25, -0.2) is 8.42 Å². The summed E-state index contributed by atoms with van der Waals surface area (Å²) in [5, 5.41) is 0. The number of ether oxygens (including phenoxy) is 2. The molecule has 1 saturated heterocycles. The minimum atomic E-state index is -3.68. The molecule has 1 fully saturated rings. The first-order valence-electron chi connectivity index (χ1n) is 9.29. The first-order chi connectivity index (χ1) is 13.3. The maximum absolute atomic E-state index is 12.8. The molecule has 2 aliphatic heterocycles. The predicted molar refractivity (Wildman–Crippen MR) is 103 cm³/mol. The third-order valence-corrected chi connectivity index (χ3v) is 6.78. The Morgan fingerprint density at radius 1 is 1.18 bits per heavy atom. The number of rotatable bonds is 6. The number of piperidine rings is 1. The second kappa shape index (κ2) is 8.26. The Kier molecular flexibility index (Phi) is 5.97. The lowest BCUT2D eigenvalue weighted by molar-refractivity contribution is -0.133. The van der Waals surface area contributed by atoms with Crippen molar-refractivity contribution in [3.63, 3.8) is 0 Å². The summed E-state index contributed by atoms with van der Waals surface area (Å²) in [6, 6.07) is 4.83. The van der Waals surface area contributed by atoms with Crippen molar-refractivity contribution in [3.8, 4) is 11.5 Å². The number of hydrogen-bond acceptors (Lipinski definition) is 6. The van der Waals surface area contributed by atoms with Crippen LogP contribution in [0.15, 0.2) is 18.2 Å². The van der Waals surface area contributed by atoms with Gasteiger partial charge in [0.2, 0.25) is 21.8 Å². The van der Waals surface area contributed by atoms with Crippen LogP contribution in [0.2, 0.25) is 0 Å². The second-order valence-corrected chi connectivity index (χ2v) is 8.97. The first kappa shape index (κ1) is 20.2. The molecule has 3 rings (SSSR count). The average molecular weight is 411 g/mol. The zero-order chi connectivity index (χ0) is 20.3. The lowest BCUT2D eigenvalue weighted by Crippen LogP contribution is -2.47. The normalized spacial score (nSPS) is 17.2. The fraction of sp³-hybridized carbons (Fsp3) is 0.556. The summed E-state index contributed by atoms with van der Waals surface area (Å²) in [5.74, 6) is -0.0532. The molecule has 0 radical (unpaired) electrons. The summed E-state index contributed by atoms with van der Waals surface area (Å²) in [7, 11) is -3.68. The smallest absolute Gasteiger partial charge is 0.243 e. The number of sulfonamides is 1. The number of amides is 2. The third-order valence-electron chi connectivity index (χ3n) is 5.04. The van der Waals surface area contributed by atoms with E-state index in [2.05, 4.69) is 0 Å². The maximum atomic E-state index is 12.8. The Hall–Kier alpha value is -2.49. The fourth-order valence-electron chi connectivity index (χ4n) is 3.33. The highest BCUT2D eigenvalue weighted by atomic mass is 32.2. The van der Waals surface area contributed by atoms with E-state index in [0.29, 0.717) is 56.3 Å². The van der Waals surface area contributed by atoms with E-state index in [0.717, 1.165) is 4.31 Å². The van der Waals surface area contributed by atoms with E-state index in [1.807, 2.05) is 0 Å². The second-order valence-electron chi connectivity index (χ2n) is 6.79. The van der Waals surface area contributed by atoms with E-state index in [1.54, 1.807) is 23.1 Å². The maximum Gasteiger partial charge on any atom is 0.243 e. The van der Waals surface area contributed by atoms with Crippen LogP contribution in [-0.4, -0.2) is 63.7 Å². The number of fused-ring (bicyclic) bond motifs is 1. The molecule has 0 unspecified atom stereocenters. The molecule has 0 aromatic heterocycles. The number of nitrogens with two attached hydrogens (primary N) is 1. The van der Waals surface area contributed by atoms with Gasteiger partial charge in [-0.15, -0.1) is 0 Å². The molecule has 0 aliphatic carbocycles. The minimum absolute atomic E-state index is 0.140. The van der Waals surface area contributed by atoms with Crippen LogP contribution in [0, 0.1) is 5.92 Å². The molecule has 1 aromatic carbocycles. The molecule has 0 spiro atoms. The van der Waals surface area contributed by atoms with Crippen LogP contribution in [0.4, 0.5) is 5.69 Å². The third kappa shape index (κ3) is 4.32. The zero-order valence-corrected chi connectivity index (χ0v) is 16.6. The highest BCUT2D eigenvalue weighted by Gasteiger charge is 2.30. The molecule has 2 aliphatic rings. The van der Waals surface area contributed by atoms with Crippen molar-refractivity contribution in [2.75, 3.05) is 42.9 Å². The molecule has 0 saturated carbocycles. The molecular weight excluding hydrogens is 386 g/mol. The van der Waals surface area contributed by atoms with Crippen LogP contribution in [0.25, 0.3) is 0 Å². The molecule has 2 amide bonds. The number of carbonyl (C=O) groups is 2. The highest BCUT2D eigenvalue weighted by molar-refractivity contribution is 7.92. The minimum Gasteiger partial charge on any atom is -0.486 e. The molecule has 154 valence electrons. The summed E-state index contributed by atoms with van der Waals surface area (Å²) in [5.41, 5.74) is 5.68. The molecule has 2 N–H and O–H groups in total. The van der Waals surface area contributed by atoms with Crippen LogP contribution >= 0.6 is 0 Å². The van der Waals surface area contributed by atoms with Crippen LogP contribution in [0.5, 0.6) is 11.5 Å².